The van der Waals surface area contributed by atoms with E-state index in [1.54, 1.807) is 0 Å². The number of nitrogens with zero attached hydrogens (tertiary/aromatic N) is 4. The molecule has 1 heterocycles. The van der Waals surface area contributed by atoms with E-state index < -0.39 is 29.4 Å². The van der Waals surface area contributed by atoms with Crippen LogP contribution >= 0.6 is 23.2 Å². The number of aromatic nitrogens is 3. The first-order valence-electron chi connectivity index (χ1n) is 8.39. The van der Waals surface area contributed by atoms with Gasteiger partial charge in [-0.15, -0.1) is 18.3 Å². The van der Waals surface area contributed by atoms with Crippen LogP contribution in [0.3, 0.4) is 0 Å². The maximum Gasteiger partial charge on any atom is 0.573 e. The average Bonchev–Trinajstić information content (AvgIpc) is 3.09. The van der Waals surface area contributed by atoms with Crippen molar-refractivity contribution in [1.29, 1.82) is 5.26 Å². The maximum absolute atomic E-state index is 14.2. The minimum absolute atomic E-state index is 0.0181. The second-order valence-corrected chi connectivity index (χ2v) is 7.37. The Morgan fingerprint density at radius 1 is 1.19 bits per heavy atom. The molecule has 0 fully saturated rings. The molecule has 0 aliphatic rings. The third kappa shape index (κ3) is 5.15. The van der Waals surface area contributed by atoms with Crippen LogP contribution in [0, 0.1) is 17.1 Å². The van der Waals surface area contributed by atoms with Gasteiger partial charge in [0.1, 0.15) is 16.8 Å². The molecule has 0 spiro atoms. The lowest BCUT2D eigenvalue weighted by atomic mass is 10.0. The Morgan fingerprint density at radius 2 is 1.81 bits per heavy atom. The number of ether oxygens (including phenoxy) is 1. The smallest absolute Gasteiger partial charge is 0.406 e. The van der Waals surface area contributed by atoms with Crippen LogP contribution in [0.1, 0.15) is 17.3 Å². The van der Waals surface area contributed by atoms with E-state index in [2.05, 4.69) is 20.3 Å². The van der Waals surface area contributed by atoms with Crippen molar-refractivity contribution >= 4 is 40.1 Å². The van der Waals surface area contributed by atoms with Crippen LogP contribution < -0.4 is 10.1 Å². The number of carbonyl (C=O) groups is 1. The molecular weight excluding hydrogens is 465 g/mol. The molecule has 0 aliphatic heterocycles. The number of halogens is 6. The van der Waals surface area contributed by atoms with Crippen molar-refractivity contribution in [2.75, 3.05) is 0 Å². The van der Waals surface area contributed by atoms with Crippen LogP contribution in [0.25, 0.3) is 11.0 Å². The molecule has 2 aromatic carbocycles. The summed E-state index contributed by atoms with van der Waals surface area (Å²) in [4.78, 5) is 13.4. The van der Waals surface area contributed by atoms with Gasteiger partial charge in [-0.05, 0) is 37.3 Å². The number of amides is 1. The Bertz CT molecular complexity index is 1190. The molecule has 1 amide bonds. The van der Waals surface area contributed by atoms with Gasteiger partial charge < -0.3 is 10.1 Å². The highest BCUT2D eigenvalue weighted by Gasteiger charge is 2.32. The van der Waals surface area contributed by atoms with Gasteiger partial charge in [0.15, 0.2) is 11.3 Å². The first-order chi connectivity index (χ1) is 14.4. The fraction of sp³-hybridized carbons (Fsp3) is 0.222. The first-order valence-corrected chi connectivity index (χ1v) is 9.14. The second kappa shape index (κ2) is 8.20. The van der Waals surface area contributed by atoms with E-state index in [-0.39, 0.29) is 33.2 Å². The number of nitrogens with one attached hydrogen (secondary N) is 1. The molecule has 0 saturated heterocycles. The van der Waals surface area contributed by atoms with Gasteiger partial charge in [-0.1, -0.05) is 23.2 Å². The fourth-order valence-electron chi connectivity index (χ4n) is 2.60. The summed E-state index contributed by atoms with van der Waals surface area (Å²) in [6.45, 7) is 1.08. The number of rotatable bonds is 5. The van der Waals surface area contributed by atoms with Gasteiger partial charge in [0.05, 0.1) is 22.7 Å². The average molecular weight is 476 g/mol. The molecule has 0 bridgehead atoms. The van der Waals surface area contributed by atoms with E-state index in [9.17, 15) is 27.6 Å². The van der Waals surface area contributed by atoms with Crippen LogP contribution in [0.2, 0.25) is 10.0 Å². The Morgan fingerprint density at radius 3 is 2.39 bits per heavy atom. The molecule has 1 aromatic heterocycles. The Balaban J connectivity index is 1.79. The highest BCUT2D eigenvalue weighted by atomic mass is 35.5. The van der Waals surface area contributed by atoms with Gasteiger partial charge in [0.25, 0.3) is 5.91 Å². The number of benzene rings is 2. The minimum Gasteiger partial charge on any atom is -0.406 e. The third-order valence-electron chi connectivity index (χ3n) is 4.00. The molecule has 1 atom stereocenters. The second-order valence-electron chi connectivity index (χ2n) is 6.55. The van der Waals surface area contributed by atoms with E-state index in [1.165, 1.54) is 6.92 Å². The Kier molecular flexibility index (Phi) is 5.98. The lowest BCUT2D eigenvalue weighted by molar-refractivity contribution is -0.274. The molecule has 3 rings (SSSR count). The number of hydrogen-bond donors (Lipinski definition) is 1. The Hall–Kier alpha value is -3.10. The van der Waals surface area contributed by atoms with Crippen molar-refractivity contribution in [3.63, 3.8) is 0 Å². The van der Waals surface area contributed by atoms with E-state index in [0.717, 1.165) is 35.1 Å². The summed E-state index contributed by atoms with van der Waals surface area (Å²) >= 11 is 11.7. The maximum atomic E-state index is 14.2. The van der Waals surface area contributed by atoms with Crippen molar-refractivity contribution in [1.82, 2.24) is 20.3 Å². The van der Waals surface area contributed by atoms with Crippen LogP contribution in [0.15, 0.2) is 30.3 Å². The molecule has 13 heteroatoms. The summed E-state index contributed by atoms with van der Waals surface area (Å²) < 4.78 is 54.6. The van der Waals surface area contributed by atoms with E-state index in [0.29, 0.717) is 0 Å². The lowest BCUT2D eigenvalue weighted by Crippen LogP contribution is -2.48. The van der Waals surface area contributed by atoms with E-state index >= 15 is 0 Å². The van der Waals surface area contributed by atoms with Crippen molar-refractivity contribution in [2.45, 2.75) is 25.4 Å². The van der Waals surface area contributed by atoms with Gasteiger partial charge in [0.2, 0.25) is 0 Å². The highest BCUT2D eigenvalue weighted by molar-refractivity contribution is 6.38. The Labute approximate surface area is 182 Å². The van der Waals surface area contributed by atoms with Crippen molar-refractivity contribution in [2.24, 2.45) is 0 Å². The summed E-state index contributed by atoms with van der Waals surface area (Å²) in [5, 5.41) is 19.7. The molecule has 1 unspecified atom stereocenters. The van der Waals surface area contributed by atoms with Crippen LogP contribution in [0.5, 0.6) is 5.75 Å². The van der Waals surface area contributed by atoms with Crippen LogP contribution in [-0.4, -0.2) is 32.8 Å². The van der Waals surface area contributed by atoms with Crippen LogP contribution in [0.4, 0.5) is 17.6 Å². The molecule has 31 heavy (non-hydrogen) atoms. The predicted octanol–water partition coefficient (Wildman–Crippen LogP) is 4.49. The lowest BCUT2D eigenvalue weighted by Gasteiger charge is -2.22. The highest BCUT2D eigenvalue weighted by Crippen LogP contribution is 2.29. The van der Waals surface area contributed by atoms with Gasteiger partial charge in [-0.3, -0.25) is 4.79 Å². The molecule has 162 valence electrons. The molecule has 0 radical (unpaired) electrons. The molecule has 0 aliphatic carbocycles. The standard InChI is InChI=1S/C18H11Cl2F4N5O2/c1-17(7-25,8-29-27-14-12(20)6-11(19)13(21)15(14)28-29)26-16(30)9-2-4-10(5-3-9)31-18(22,23)24/h2-6H,8H2,1H3,(H,26,30). The molecule has 7 nitrogen and oxygen atoms in total. The topological polar surface area (TPSA) is 92.8 Å². The van der Waals surface area contributed by atoms with Gasteiger partial charge in [-0.25, -0.2) is 4.39 Å². The zero-order valence-electron chi connectivity index (χ0n) is 15.5. The van der Waals surface area contributed by atoms with E-state index in [4.69, 9.17) is 23.2 Å². The molecule has 0 saturated carbocycles. The zero-order valence-corrected chi connectivity index (χ0v) is 17.0. The van der Waals surface area contributed by atoms with Crippen molar-refractivity contribution in [3.8, 4) is 11.8 Å². The number of fused-ring (bicyclic) bond motifs is 1. The summed E-state index contributed by atoms with van der Waals surface area (Å²) in [5.41, 5.74) is -1.75. The third-order valence-corrected chi connectivity index (χ3v) is 4.56. The summed E-state index contributed by atoms with van der Waals surface area (Å²) in [5.74, 6) is -2.08. The fourth-order valence-corrected chi connectivity index (χ4v) is 3.09. The molecule has 1 N–H and O–H groups in total. The molecular formula is C18H11Cl2F4N5O2. The SMILES string of the molecule is CC(C#N)(Cn1nc2c(Cl)cc(Cl)c(F)c2n1)NC(=O)c1ccc(OC(F)(F)F)cc1. The quantitative estimate of drug-likeness (QED) is 0.433. The van der Waals surface area contributed by atoms with Crippen molar-refractivity contribution in [3.05, 3.63) is 51.8 Å². The van der Waals surface area contributed by atoms with Gasteiger partial charge >= 0.3 is 6.36 Å². The number of carbonyl (C=O) groups excluding carboxylic acids is 1. The van der Waals surface area contributed by atoms with Gasteiger partial charge in [0, 0.05) is 5.56 Å². The number of hydrogen-bond acceptors (Lipinski definition) is 5. The number of nitriles is 1. The summed E-state index contributed by atoms with van der Waals surface area (Å²) in [6, 6.07) is 7.19. The van der Waals surface area contributed by atoms with Gasteiger partial charge in [-0.2, -0.15) is 15.2 Å². The minimum atomic E-state index is -4.87. The predicted molar refractivity (Wildman–Crippen MR) is 102 cm³/mol. The van der Waals surface area contributed by atoms with Crippen molar-refractivity contribution < 1.29 is 27.1 Å². The first kappa shape index (κ1) is 22.6. The summed E-state index contributed by atoms with van der Waals surface area (Å²) in [7, 11) is 0. The molecule has 3 aromatic rings. The monoisotopic (exact) mass is 475 g/mol. The largest absolute Gasteiger partial charge is 0.573 e. The normalized spacial score (nSPS) is 13.5. The number of alkyl halides is 3. The summed E-state index contributed by atoms with van der Waals surface area (Å²) in [6.07, 6.45) is -4.87. The van der Waals surface area contributed by atoms with Crippen LogP contribution in [-0.2, 0) is 6.54 Å². The van der Waals surface area contributed by atoms with E-state index in [1.807, 2.05) is 6.07 Å². The zero-order chi connectivity index (χ0) is 23.0.